The lowest BCUT2D eigenvalue weighted by molar-refractivity contribution is -0.116. The molecule has 0 saturated carbocycles. The normalized spacial score (nSPS) is 10.8. The minimum absolute atomic E-state index is 0.0963. The molecule has 4 rings (SSSR count). The van der Waals surface area contributed by atoms with Crippen LogP contribution in [0.4, 0.5) is 5.69 Å². The zero-order valence-electron chi connectivity index (χ0n) is 17.4. The molecule has 0 saturated heterocycles. The average Bonchev–Trinajstić information content (AvgIpc) is 3.50. The molecule has 0 spiro atoms. The zero-order valence-corrected chi connectivity index (χ0v) is 19.0. The molecule has 32 heavy (non-hydrogen) atoms. The number of aromatic nitrogens is 4. The Morgan fingerprint density at radius 2 is 1.94 bits per heavy atom. The molecular weight excluding hydrogens is 442 g/mol. The van der Waals surface area contributed by atoms with Gasteiger partial charge in [0.15, 0.2) is 11.0 Å². The smallest absolute Gasteiger partial charge is 0.265 e. The van der Waals surface area contributed by atoms with Gasteiger partial charge in [0.25, 0.3) is 5.91 Å². The van der Waals surface area contributed by atoms with E-state index in [2.05, 4.69) is 20.5 Å². The Balaban J connectivity index is 1.32. The summed E-state index contributed by atoms with van der Waals surface area (Å²) >= 11 is 2.78. The average molecular weight is 464 g/mol. The summed E-state index contributed by atoms with van der Waals surface area (Å²) in [6.45, 7) is 2.72. The summed E-state index contributed by atoms with van der Waals surface area (Å²) in [6.07, 6.45) is 3.79. The topological polar surface area (TPSA) is 89.8 Å². The molecule has 0 fully saturated rings. The molecule has 1 N–H and O–H groups in total. The molecule has 7 nitrogen and oxygen atoms in total. The first-order valence-corrected chi connectivity index (χ1v) is 11.9. The van der Waals surface area contributed by atoms with E-state index >= 15 is 0 Å². The van der Waals surface area contributed by atoms with E-state index in [9.17, 15) is 9.59 Å². The van der Waals surface area contributed by atoms with Gasteiger partial charge in [0.2, 0.25) is 0 Å². The van der Waals surface area contributed by atoms with Gasteiger partial charge in [-0.15, -0.1) is 21.5 Å². The highest BCUT2D eigenvalue weighted by Crippen LogP contribution is 2.24. The predicted molar refractivity (Wildman–Crippen MR) is 127 cm³/mol. The van der Waals surface area contributed by atoms with Gasteiger partial charge in [0.05, 0.1) is 10.6 Å². The van der Waals surface area contributed by atoms with Crippen LogP contribution >= 0.6 is 23.1 Å². The summed E-state index contributed by atoms with van der Waals surface area (Å²) in [5, 5.41) is 14.0. The van der Waals surface area contributed by atoms with Crippen molar-refractivity contribution in [2.75, 3.05) is 11.1 Å². The third kappa shape index (κ3) is 5.30. The van der Waals surface area contributed by atoms with Gasteiger partial charge in [-0.3, -0.25) is 14.6 Å². The quantitative estimate of drug-likeness (QED) is 0.366. The van der Waals surface area contributed by atoms with Crippen molar-refractivity contribution in [2.45, 2.75) is 25.0 Å². The number of thioether (sulfide) groups is 1. The lowest BCUT2D eigenvalue weighted by Gasteiger charge is -2.07. The number of anilines is 1. The maximum absolute atomic E-state index is 12.5. The summed E-state index contributed by atoms with van der Waals surface area (Å²) in [5.74, 6) is 1.02. The van der Waals surface area contributed by atoms with Gasteiger partial charge in [0.1, 0.15) is 5.78 Å². The summed E-state index contributed by atoms with van der Waals surface area (Å²) in [6, 6.07) is 14.8. The molecule has 0 aliphatic rings. The highest BCUT2D eigenvalue weighted by Gasteiger charge is 2.15. The second-order valence-corrected chi connectivity index (χ2v) is 8.81. The highest BCUT2D eigenvalue weighted by molar-refractivity contribution is 7.99. The molecule has 4 aromatic rings. The Morgan fingerprint density at radius 1 is 1.09 bits per heavy atom. The monoisotopic (exact) mass is 463 g/mol. The van der Waals surface area contributed by atoms with Gasteiger partial charge in [0, 0.05) is 36.6 Å². The Hall–Kier alpha value is -3.30. The van der Waals surface area contributed by atoms with Crippen LogP contribution in [0.1, 0.15) is 22.2 Å². The molecule has 0 bridgehead atoms. The minimum atomic E-state index is -0.133. The molecule has 0 radical (unpaired) electrons. The van der Waals surface area contributed by atoms with E-state index in [0.29, 0.717) is 34.4 Å². The van der Waals surface area contributed by atoms with E-state index in [1.807, 2.05) is 59.3 Å². The second-order valence-electron chi connectivity index (χ2n) is 6.92. The second kappa shape index (κ2) is 10.3. The fraction of sp³-hybridized carbons (Fsp3) is 0.174. The van der Waals surface area contributed by atoms with Crippen molar-refractivity contribution >= 4 is 40.5 Å². The third-order valence-corrected chi connectivity index (χ3v) is 6.57. The molecule has 0 aliphatic heterocycles. The molecule has 0 aliphatic carbocycles. The maximum Gasteiger partial charge on any atom is 0.265 e. The van der Waals surface area contributed by atoms with Gasteiger partial charge in [-0.05, 0) is 48.2 Å². The van der Waals surface area contributed by atoms with Crippen LogP contribution in [0, 0.1) is 0 Å². The van der Waals surface area contributed by atoms with E-state index in [0.717, 1.165) is 17.0 Å². The number of carbonyl (C=O) groups is 2. The standard InChI is InChI=1S/C23H21N5O2S2/c1-2-28-21(17-5-3-11-24-14-17)26-27-23(28)32-15-19(29)13-16-7-9-18(10-8-16)25-22(30)20-6-4-12-31-20/h3-12,14H,2,13,15H2,1H3,(H,25,30). The van der Waals surface area contributed by atoms with Crippen LogP contribution in [0.2, 0.25) is 0 Å². The SMILES string of the molecule is CCn1c(SCC(=O)Cc2ccc(NC(=O)c3cccs3)cc2)nnc1-c1cccnc1. The van der Waals surface area contributed by atoms with Crippen molar-refractivity contribution in [3.05, 3.63) is 76.7 Å². The zero-order chi connectivity index (χ0) is 22.3. The van der Waals surface area contributed by atoms with Crippen molar-refractivity contribution < 1.29 is 9.59 Å². The van der Waals surface area contributed by atoms with Crippen LogP contribution in [0.15, 0.2) is 71.5 Å². The Kier molecular flexibility index (Phi) is 7.08. The number of ketones is 1. The first-order valence-electron chi connectivity index (χ1n) is 10.1. The number of nitrogens with one attached hydrogen (secondary N) is 1. The van der Waals surface area contributed by atoms with Crippen molar-refractivity contribution in [1.29, 1.82) is 0 Å². The number of benzene rings is 1. The molecule has 1 aromatic carbocycles. The number of pyridine rings is 1. The maximum atomic E-state index is 12.5. The molecule has 162 valence electrons. The fourth-order valence-corrected chi connectivity index (χ4v) is 4.60. The number of amides is 1. The van der Waals surface area contributed by atoms with Crippen LogP contribution in [-0.4, -0.2) is 37.2 Å². The third-order valence-electron chi connectivity index (χ3n) is 4.67. The highest BCUT2D eigenvalue weighted by atomic mass is 32.2. The number of hydrogen-bond acceptors (Lipinski definition) is 7. The summed E-state index contributed by atoms with van der Waals surface area (Å²) in [4.78, 5) is 29.4. The van der Waals surface area contributed by atoms with Crippen LogP contribution in [0.5, 0.6) is 0 Å². The van der Waals surface area contributed by atoms with Crippen LogP contribution in [0.3, 0.4) is 0 Å². The Labute approximate surface area is 193 Å². The molecule has 9 heteroatoms. The van der Waals surface area contributed by atoms with Crippen LogP contribution in [-0.2, 0) is 17.8 Å². The van der Waals surface area contributed by atoms with Crippen molar-refractivity contribution in [3.63, 3.8) is 0 Å². The Morgan fingerprint density at radius 3 is 2.62 bits per heavy atom. The lowest BCUT2D eigenvalue weighted by atomic mass is 10.1. The van der Waals surface area contributed by atoms with Crippen molar-refractivity contribution in [3.8, 4) is 11.4 Å². The molecule has 3 heterocycles. The molecule has 0 atom stereocenters. The van der Waals surface area contributed by atoms with Crippen molar-refractivity contribution in [2.24, 2.45) is 0 Å². The molecular formula is C23H21N5O2S2. The van der Waals surface area contributed by atoms with Gasteiger partial charge in [-0.1, -0.05) is 30.0 Å². The molecule has 0 unspecified atom stereocenters. The van der Waals surface area contributed by atoms with E-state index in [-0.39, 0.29) is 11.7 Å². The van der Waals surface area contributed by atoms with E-state index < -0.39 is 0 Å². The Bertz CT molecular complexity index is 1190. The minimum Gasteiger partial charge on any atom is -0.321 e. The van der Waals surface area contributed by atoms with Crippen LogP contribution < -0.4 is 5.32 Å². The van der Waals surface area contributed by atoms with Gasteiger partial charge >= 0.3 is 0 Å². The number of nitrogens with zero attached hydrogens (tertiary/aromatic N) is 4. The number of rotatable bonds is 9. The first kappa shape index (κ1) is 21.9. The molecule has 1 amide bonds. The van der Waals surface area contributed by atoms with Gasteiger partial charge in [-0.2, -0.15) is 0 Å². The number of thiophene rings is 1. The van der Waals surface area contributed by atoms with Gasteiger partial charge < -0.3 is 9.88 Å². The van der Waals surface area contributed by atoms with E-state index in [1.165, 1.54) is 23.1 Å². The lowest BCUT2D eigenvalue weighted by Crippen LogP contribution is -2.10. The summed E-state index contributed by atoms with van der Waals surface area (Å²) in [5.41, 5.74) is 2.50. The first-order chi connectivity index (χ1) is 15.6. The van der Waals surface area contributed by atoms with Crippen LogP contribution in [0.25, 0.3) is 11.4 Å². The number of hydrogen-bond donors (Lipinski definition) is 1. The molecule has 3 aromatic heterocycles. The predicted octanol–water partition coefficient (Wildman–Crippen LogP) is 4.58. The number of carbonyl (C=O) groups excluding carboxylic acids is 2. The van der Waals surface area contributed by atoms with E-state index in [4.69, 9.17) is 0 Å². The van der Waals surface area contributed by atoms with E-state index in [1.54, 1.807) is 18.5 Å². The fourth-order valence-electron chi connectivity index (χ4n) is 3.12. The summed E-state index contributed by atoms with van der Waals surface area (Å²) < 4.78 is 1.99. The number of Topliss-reactive ketones (excluding diaryl/α,β-unsaturated/α-hetero) is 1. The van der Waals surface area contributed by atoms with Crippen molar-refractivity contribution in [1.82, 2.24) is 19.7 Å². The summed E-state index contributed by atoms with van der Waals surface area (Å²) in [7, 11) is 0. The van der Waals surface area contributed by atoms with Gasteiger partial charge in [-0.25, -0.2) is 0 Å². The largest absolute Gasteiger partial charge is 0.321 e.